The van der Waals surface area contributed by atoms with Crippen LogP contribution in [0.3, 0.4) is 0 Å². The van der Waals surface area contributed by atoms with Crippen molar-refractivity contribution in [1.82, 2.24) is 0 Å². The first-order chi connectivity index (χ1) is 7.33. The quantitative estimate of drug-likeness (QED) is 0.625. The molecule has 16 heavy (non-hydrogen) atoms. The molecule has 0 heterocycles. The summed E-state index contributed by atoms with van der Waals surface area (Å²) in [6, 6.07) is 0. The predicted octanol–water partition coefficient (Wildman–Crippen LogP) is 1.20. The first-order valence-corrected chi connectivity index (χ1v) is 7.54. The van der Waals surface area contributed by atoms with Crippen LogP contribution in [0.1, 0.15) is 33.1 Å². The topological polar surface area (TPSA) is 69.4 Å². The molecule has 5 heteroatoms. The Kier molecular flexibility index (Phi) is 7.19. The molecule has 0 aliphatic rings. The lowest BCUT2D eigenvalue weighted by atomic mass is 9.88. The summed E-state index contributed by atoms with van der Waals surface area (Å²) in [6.45, 7) is 5.14. The minimum atomic E-state index is -2.92. The number of sulfone groups is 1. The van der Waals surface area contributed by atoms with E-state index >= 15 is 0 Å². The van der Waals surface area contributed by atoms with Gasteiger partial charge in [0.1, 0.15) is 0 Å². The van der Waals surface area contributed by atoms with Crippen molar-refractivity contribution in [1.29, 1.82) is 0 Å². The lowest BCUT2D eigenvalue weighted by Crippen LogP contribution is -2.23. The summed E-state index contributed by atoms with van der Waals surface area (Å²) < 4.78 is 27.7. The second kappa shape index (κ2) is 7.25. The van der Waals surface area contributed by atoms with Gasteiger partial charge in [-0.2, -0.15) is 0 Å². The summed E-state index contributed by atoms with van der Waals surface area (Å²) in [7, 11) is -1.41. The zero-order valence-corrected chi connectivity index (χ0v) is 11.5. The average Bonchev–Trinajstić information content (AvgIpc) is 2.22. The minimum absolute atomic E-state index is 0.121. The maximum Gasteiger partial charge on any atom is 0.152 e. The van der Waals surface area contributed by atoms with E-state index in [1.807, 2.05) is 0 Å². The third-order valence-electron chi connectivity index (χ3n) is 2.71. The number of methoxy groups -OCH3 is 1. The molecular weight excluding hydrogens is 226 g/mol. The van der Waals surface area contributed by atoms with Crippen molar-refractivity contribution in [3.8, 4) is 0 Å². The van der Waals surface area contributed by atoms with E-state index < -0.39 is 9.84 Å². The fraction of sp³-hybridized carbons (Fsp3) is 1.00. The van der Waals surface area contributed by atoms with Crippen LogP contribution in [0.15, 0.2) is 0 Å². The van der Waals surface area contributed by atoms with E-state index in [0.29, 0.717) is 6.54 Å². The smallest absolute Gasteiger partial charge is 0.152 e. The van der Waals surface area contributed by atoms with Gasteiger partial charge in [-0.25, -0.2) is 8.42 Å². The largest absolute Gasteiger partial charge is 0.384 e. The third-order valence-corrected chi connectivity index (χ3v) is 4.41. The summed E-state index contributed by atoms with van der Waals surface area (Å²) in [5, 5.41) is 0. The van der Waals surface area contributed by atoms with E-state index in [2.05, 4.69) is 13.8 Å². The molecule has 0 aliphatic heterocycles. The zero-order valence-electron chi connectivity index (χ0n) is 10.7. The molecular formula is C11H25NO3S. The molecule has 0 rings (SSSR count). The number of hydrogen-bond acceptors (Lipinski definition) is 4. The van der Waals surface area contributed by atoms with Gasteiger partial charge in [-0.15, -0.1) is 0 Å². The van der Waals surface area contributed by atoms with Crippen molar-refractivity contribution in [2.24, 2.45) is 11.1 Å². The molecule has 0 atom stereocenters. The number of nitrogens with two attached hydrogens (primary N) is 1. The van der Waals surface area contributed by atoms with E-state index in [0.717, 1.165) is 19.3 Å². The van der Waals surface area contributed by atoms with E-state index in [-0.39, 0.29) is 23.5 Å². The summed E-state index contributed by atoms with van der Waals surface area (Å²) in [4.78, 5) is 0. The predicted molar refractivity (Wildman–Crippen MR) is 67.2 cm³/mol. The van der Waals surface area contributed by atoms with Crippen LogP contribution < -0.4 is 5.73 Å². The highest BCUT2D eigenvalue weighted by molar-refractivity contribution is 7.91. The molecule has 98 valence electrons. The van der Waals surface area contributed by atoms with Crippen molar-refractivity contribution in [3.05, 3.63) is 0 Å². The molecule has 0 fully saturated rings. The molecule has 0 amide bonds. The summed E-state index contributed by atoms with van der Waals surface area (Å²) >= 11 is 0. The van der Waals surface area contributed by atoms with Crippen LogP contribution in [0.4, 0.5) is 0 Å². The Balaban J connectivity index is 3.74. The van der Waals surface area contributed by atoms with Crippen LogP contribution >= 0.6 is 0 Å². The van der Waals surface area contributed by atoms with Crippen molar-refractivity contribution >= 4 is 9.84 Å². The lowest BCUT2D eigenvalue weighted by Gasteiger charge is -2.21. The Morgan fingerprint density at radius 3 is 2.31 bits per heavy atom. The van der Waals surface area contributed by atoms with Crippen LogP contribution in [0.2, 0.25) is 0 Å². The molecule has 4 nitrogen and oxygen atoms in total. The van der Waals surface area contributed by atoms with E-state index in [9.17, 15) is 8.42 Å². The second-order valence-corrected chi connectivity index (χ2v) is 7.27. The molecule has 2 N–H and O–H groups in total. The van der Waals surface area contributed by atoms with Crippen LogP contribution in [0, 0.1) is 5.41 Å². The fourth-order valence-corrected chi connectivity index (χ4v) is 2.61. The second-order valence-electron chi connectivity index (χ2n) is 4.97. The molecule has 0 bridgehead atoms. The van der Waals surface area contributed by atoms with Crippen LogP contribution in [-0.2, 0) is 14.6 Å². The number of hydrogen-bond donors (Lipinski definition) is 1. The Morgan fingerprint density at radius 1 is 1.19 bits per heavy atom. The van der Waals surface area contributed by atoms with Crippen LogP contribution in [-0.4, -0.2) is 40.2 Å². The highest BCUT2D eigenvalue weighted by atomic mass is 32.2. The van der Waals surface area contributed by atoms with Gasteiger partial charge in [0.2, 0.25) is 0 Å². The van der Waals surface area contributed by atoms with E-state index in [1.54, 1.807) is 0 Å². The standard InChI is InChI=1S/C11H25NO3S/c1-11(2,10-12)6-4-5-8-16(13,14)9-7-15-3/h4-10,12H2,1-3H3. The van der Waals surface area contributed by atoms with Gasteiger partial charge in [-0.05, 0) is 24.8 Å². The van der Waals surface area contributed by atoms with Gasteiger partial charge in [-0.1, -0.05) is 20.3 Å². The lowest BCUT2D eigenvalue weighted by molar-refractivity contribution is 0.217. The molecule has 0 radical (unpaired) electrons. The first kappa shape index (κ1) is 15.9. The molecule has 0 aromatic carbocycles. The van der Waals surface area contributed by atoms with Gasteiger partial charge in [0.25, 0.3) is 0 Å². The van der Waals surface area contributed by atoms with Gasteiger partial charge in [0, 0.05) is 7.11 Å². The first-order valence-electron chi connectivity index (χ1n) is 5.72. The summed E-state index contributed by atoms with van der Waals surface area (Å²) in [6.07, 6.45) is 2.61. The number of rotatable bonds is 9. The third kappa shape index (κ3) is 8.07. The summed E-state index contributed by atoms with van der Waals surface area (Å²) in [5.41, 5.74) is 5.73. The highest BCUT2D eigenvalue weighted by Crippen LogP contribution is 2.21. The number of unbranched alkanes of at least 4 members (excludes halogenated alkanes) is 1. The maximum absolute atomic E-state index is 11.5. The molecule has 0 unspecified atom stereocenters. The average molecular weight is 251 g/mol. The van der Waals surface area contributed by atoms with Crippen molar-refractivity contribution in [2.45, 2.75) is 33.1 Å². The Labute approximate surface area is 99.5 Å². The molecule has 0 saturated carbocycles. The zero-order chi connectivity index (χ0) is 12.7. The summed E-state index contributed by atoms with van der Waals surface area (Å²) in [5.74, 6) is 0.390. The maximum atomic E-state index is 11.5. The van der Waals surface area contributed by atoms with Crippen molar-refractivity contribution in [3.63, 3.8) is 0 Å². The fourth-order valence-electron chi connectivity index (χ4n) is 1.34. The van der Waals surface area contributed by atoms with Gasteiger partial charge in [0.15, 0.2) is 9.84 Å². The monoisotopic (exact) mass is 251 g/mol. The molecule has 0 saturated heterocycles. The van der Waals surface area contributed by atoms with Gasteiger partial charge < -0.3 is 10.5 Å². The van der Waals surface area contributed by atoms with Crippen molar-refractivity contribution in [2.75, 3.05) is 31.8 Å². The van der Waals surface area contributed by atoms with E-state index in [1.165, 1.54) is 7.11 Å². The van der Waals surface area contributed by atoms with Crippen LogP contribution in [0.5, 0.6) is 0 Å². The normalized spacial score (nSPS) is 13.0. The minimum Gasteiger partial charge on any atom is -0.384 e. The molecule has 0 aromatic rings. The number of ether oxygens (including phenoxy) is 1. The Bertz CT molecular complexity index is 273. The van der Waals surface area contributed by atoms with E-state index in [4.69, 9.17) is 10.5 Å². The van der Waals surface area contributed by atoms with Crippen molar-refractivity contribution < 1.29 is 13.2 Å². The Hall–Kier alpha value is -0.130. The SMILES string of the molecule is COCCS(=O)(=O)CCCCC(C)(C)CN. The highest BCUT2D eigenvalue weighted by Gasteiger charge is 2.16. The van der Waals surface area contributed by atoms with Crippen LogP contribution in [0.25, 0.3) is 0 Å². The molecule has 0 aromatic heterocycles. The van der Waals surface area contributed by atoms with Gasteiger partial charge in [0.05, 0.1) is 18.1 Å². The van der Waals surface area contributed by atoms with Gasteiger partial charge >= 0.3 is 0 Å². The van der Waals surface area contributed by atoms with Gasteiger partial charge in [-0.3, -0.25) is 0 Å². The molecule has 0 aliphatic carbocycles. The Morgan fingerprint density at radius 2 is 1.81 bits per heavy atom. The molecule has 0 spiro atoms.